The zero-order chi connectivity index (χ0) is 12.3. The van der Waals surface area contributed by atoms with Crippen LogP contribution < -0.4 is 10.5 Å². The number of hydrogen-bond acceptors (Lipinski definition) is 3. The summed E-state index contributed by atoms with van der Waals surface area (Å²) in [5.41, 5.74) is 6.61. The molecule has 94 valence electrons. The molecule has 2 N–H and O–H groups in total. The van der Waals surface area contributed by atoms with Gasteiger partial charge in [0.05, 0.1) is 5.69 Å². The molecule has 0 bridgehead atoms. The molecular weight excluding hydrogens is 212 g/mol. The molecule has 1 heterocycles. The minimum atomic E-state index is 0.185. The van der Waals surface area contributed by atoms with Gasteiger partial charge in [-0.15, -0.1) is 0 Å². The predicted molar refractivity (Wildman–Crippen MR) is 71.2 cm³/mol. The second-order valence-corrected chi connectivity index (χ2v) is 4.90. The van der Waals surface area contributed by atoms with E-state index >= 15 is 0 Å². The highest BCUT2D eigenvalue weighted by molar-refractivity contribution is 5.51. The van der Waals surface area contributed by atoms with E-state index in [1.165, 1.54) is 25.8 Å². The molecule has 0 aromatic heterocycles. The number of para-hydroxylation sites is 2. The van der Waals surface area contributed by atoms with Gasteiger partial charge in [0.2, 0.25) is 0 Å². The van der Waals surface area contributed by atoms with Gasteiger partial charge in [0.15, 0.2) is 0 Å². The van der Waals surface area contributed by atoms with Crippen molar-refractivity contribution in [2.75, 3.05) is 19.3 Å². The second-order valence-electron chi connectivity index (χ2n) is 4.90. The summed E-state index contributed by atoms with van der Waals surface area (Å²) in [6.45, 7) is 3.31. The molecule has 0 spiro atoms. The summed E-state index contributed by atoms with van der Waals surface area (Å²) in [6.07, 6.45) is 4.00. The van der Waals surface area contributed by atoms with Gasteiger partial charge in [-0.1, -0.05) is 18.6 Å². The van der Waals surface area contributed by atoms with E-state index in [9.17, 15) is 0 Å². The van der Waals surface area contributed by atoms with Crippen LogP contribution in [0.2, 0.25) is 0 Å². The summed E-state index contributed by atoms with van der Waals surface area (Å²) in [5.74, 6) is 0.805. The third-order valence-electron chi connectivity index (χ3n) is 3.60. The van der Waals surface area contributed by atoms with E-state index in [0.29, 0.717) is 6.04 Å². The third kappa shape index (κ3) is 2.91. The first-order valence-corrected chi connectivity index (χ1v) is 6.40. The Morgan fingerprint density at radius 3 is 2.82 bits per heavy atom. The maximum atomic E-state index is 5.99. The second kappa shape index (κ2) is 5.41. The normalized spacial score (nSPS) is 23.3. The zero-order valence-electron chi connectivity index (χ0n) is 10.7. The Morgan fingerprint density at radius 1 is 1.35 bits per heavy atom. The lowest BCUT2D eigenvalue weighted by Crippen LogP contribution is -2.45. The molecule has 0 saturated carbocycles. The number of rotatable bonds is 3. The van der Waals surface area contributed by atoms with E-state index in [2.05, 4.69) is 18.9 Å². The summed E-state index contributed by atoms with van der Waals surface area (Å²) in [5, 5.41) is 0. The van der Waals surface area contributed by atoms with Gasteiger partial charge in [-0.05, 0) is 45.5 Å². The number of nitrogens with two attached hydrogens (primary N) is 1. The van der Waals surface area contributed by atoms with Gasteiger partial charge in [0, 0.05) is 6.04 Å². The van der Waals surface area contributed by atoms with Crippen LogP contribution in [0.1, 0.15) is 26.2 Å². The van der Waals surface area contributed by atoms with Crippen LogP contribution in [0.5, 0.6) is 5.75 Å². The van der Waals surface area contributed by atoms with Crippen LogP contribution in [0.15, 0.2) is 24.3 Å². The summed E-state index contributed by atoms with van der Waals surface area (Å²) >= 11 is 0. The summed E-state index contributed by atoms with van der Waals surface area (Å²) in [4.78, 5) is 2.40. The Kier molecular flexibility index (Phi) is 3.89. The Labute approximate surface area is 104 Å². The average Bonchev–Trinajstić information content (AvgIpc) is 2.32. The standard InChI is InChI=1S/C14H22N2O/c1-11(13-8-5-6-10-16(13)2)17-14-9-4-3-7-12(14)15/h3-4,7,9,11,13H,5-6,8,10,15H2,1-2H3. The molecule has 2 unspecified atom stereocenters. The summed E-state index contributed by atoms with van der Waals surface area (Å²) < 4.78 is 5.99. The van der Waals surface area contributed by atoms with Crippen molar-refractivity contribution in [3.63, 3.8) is 0 Å². The van der Waals surface area contributed by atoms with Crippen LogP contribution in [0, 0.1) is 0 Å². The maximum absolute atomic E-state index is 5.99. The lowest BCUT2D eigenvalue weighted by molar-refractivity contribution is 0.0690. The van der Waals surface area contributed by atoms with E-state index in [1.54, 1.807) is 0 Å². The molecule has 0 aliphatic carbocycles. The number of nitrogen functional groups attached to an aromatic ring is 1. The highest BCUT2D eigenvalue weighted by atomic mass is 16.5. The highest BCUT2D eigenvalue weighted by Gasteiger charge is 2.26. The minimum Gasteiger partial charge on any atom is -0.487 e. The molecule has 3 nitrogen and oxygen atoms in total. The van der Waals surface area contributed by atoms with Crippen molar-refractivity contribution >= 4 is 5.69 Å². The van der Waals surface area contributed by atoms with Crippen LogP contribution >= 0.6 is 0 Å². The van der Waals surface area contributed by atoms with Gasteiger partial charge in [-0.3, -0.25) is 4.90 Å². The number of ether oxygens (including phenoxy) is 1. The van der Waals surface area contributed by atoms with Crippen LogP contribution in [0.4, 0.5) is 5.69 Å². The van der Waals surface area contributed by atoms with Crippen molar-refractivity contribution in [2.24, 2.45) is 0 Å². The van der Waals surface area contributed by atoms with Crippen LogP contribution in [0.25, 0.3) is 0 Å². The number of hydrogen-bond donors (Lipinski definition) is 1. The Balaban J connectivity index is 2.01. The summed E-state index contributed by atoms with van der Waals surface area (Å²) in [7, 11) is 2.18. The monoisotopic (exact) mass is 234 g/mol. The topological polar surface area (TPSA) is 38.5 Å². The largest absolute Gasteiger partial charge is 0.487 e. The van der Waals surface area contributed by atoms with Gasteiger partial charge in [-0.25, -0.2) is 0 Å². The van der Waals surface area contributed by atoms with Crippen molar-refractivity contribution < 1.29 is 4.74 Å². The molecule has 3 heteroatoms. The molecule has 1 aliphatic heterocycles. The average molecular weight is 234 g/mol. The molecule has 2 atom stereocenters. The highest BCUT2D eigenvalue weighted by Crippen LogP contribution is 2.25. The van der Waals surface area contributed by atoms with Crippen molar-refractivity contribution in [1.82, 2.24) is 4.90 Å². The molecule has 1 aliphatic rings. The molecule has 2 rings (SSSR count). The first-order valence-electron chi connectivity index (χ1n) is 6.40. The quantitative estimate of drug-likeness (QED) is 0.817. The number of likely N-dealkylation sites (tertiary alicyclic amines) is 1. The maximum Gasteiger partial charge on any atom is 0.142 e. The fourth-order valence-corrected chi connectivity index (χ4v) is 2.56. The van der Waals surface area contributed by atoms with Gasteiger partial charge < -0.3 is 10.5 Å². The molecule has 1 aromatic carbocycles. The predicted octanol–water partition coefficient (Wildman–Crippen LogP) is 2.52. The van der Waals surface area contributed by atoms with Gasteiger partial charge >= 0.3 is 0 Å². The molecule has 1 fully saturated rings. The lowest BCUT2D eigenvalue weighted by atomic mass is 9.99. The van der Waals surface area contributed by atoms with E-state index in [-0.39, 0.29) is 6.10 Å². The number of anilines is 1. The smallest absolute Gasteiger partial charge is 0.142 e. The van der Waals surface area contributed by atoms with Crippen LogP contribution in [-0.4, -0.2) is 30.6 Å². The first-order chi connectivity index (χ1) is 8.18. The molecule has 0 radical (unpaired) electrons. The Bertz CT molecular complexity index is 367. The van der Waals surface area contributed by atoms with Crippen LogP contribution in [-0.2, 0) is 0 Å². The molecule has 1 saturated heterocycles. The van der Waals surface area contributed by atoms with Crippen molar-refractivity contribution in [1.29, 1.82) is 0 Å². The SMILES string of the molecule is CC(Oc1ccccc1N)C1CCCCN1C. The zero-order valence-corrected chi connectivity index (χ0v) is 10.7. The molecular formula is C14H22N2O. The first kappa shape index (κ1) is 12.2. The van der Waals surface area contributed by atoms with E-state index in [4.69, 9.17) is 10.5 Å². The van der Waals surface area contributed by atoms with Gasteiger partial charge in [0.25, 0.3) is 0 Å². The number of nitrogens with zero attached hydrogens (tertiary/aromatic N) is 1. The van der Waals surface area contributed by atoms with Crippen molar-refractivity contribution in [3.8, 4) is 5.75 Å². The fraction of sp³-hybridized carbons (Fsp3) is 0.571. The van der Waals surface area contributed by atoms with Gasteiger partial charge in [0.1, 0.15) is 11.9 Å². The molecule has 0 amide bonds. The van der Waals surface area contributed by atoms with Gasteiger partial charge in [-0.2, -0.15) is 0 Å². The van der Waals surface area contributed by atoms with Crippen molar-refractivity contribution in [3.05, 3.63) is 24.3 Å². The van der Waals surface area contributed by atoms with Crippen molar-refractivity contribution in [2.45, 2.75) is 38.3 Å². The van der Waals surface area contributed by atoms with E-state index in [1.807, 2.05) is 24.3 Å². The van der Waals surface area contributed by atoms with E-state index in [0.717, 1.165) is 11.4 Å². The Morgan fingerprint density at radius 2 is 2.12 bits per heavy atom. The van der Waals surface area contributed by atoms with Crippen LogP contribution in [0.3, 0.4) is 0 Å². The number of benzene rings is 1. The Hall–Kier alpha value is -1.22. The fourth-order valence-electron chi connectivity index (χ4n) is 2.56. The minimum absolute atomic E-state index is 0.185. The number of likely N-dealkylation sites (N-methyl/N-ethyl adjacent to an activating group) is 1. The third-order valence-corrected chi connectivity index (χ3v) is 3.60. The number of piperidine rings is 1. The molecule has 1 aromatic rings. The van der Waals surface area contributed by atoms with E-state index < -0.39 is 0 Å². The molecule has 17 heavy (non-hydrogen) atoms. The lowest BCUT2D eigenvalue weighted by Gasteiger charge is -2.36. The summed E-state index contributed by atoms with van der Waals surface area (Å²) in [6, 6.07) is 8.22.